The van der Waals surface area contributed by atoms with Gasteiger partial charge in [0.15, 0.2) is 0 Å². The normalized spacial score (nSPS) is 13.3. The predicted molar refractivity (Wildman–Crippen MR) is 123 cm³/mol. The Hall–Kier alpha value is -4.65. The number of benzene rings is 2. The van der Waals surface area contributed by atoms with Crippen molar-refractivity contribution in [2.24, 2.45) is 0 Å². The predicted octanol–water partition coefficient (Wildman–Crippen LogP) is 3.05. The highest BCUT2D eigenvalue weighted by Gasteiger charge is 2.33. The van der Waals surface area contributed by atoms with Crippen LogP contribution < -0.4 is 15.8 Å². The molecule has 7 heteroatoms. The number of amidine groups is 1. The van der Waals surface area contributed by atoms with Crippen molar-refractivity contribution >= 4 is 45.6 Å². The SMILES string of the molecule is C=c1c2ccc3c4c(ccc(c(=O)n1-c1ccncc1)c42)C(=O)N(c1ccncc1)C3=N. The van der Waals surface area contributed by atoms with Gasteiger partial charge in [0.05, 0.1) is 11.4 Å². The van der Waals surface area contributed by atoms with Gasteiger partial charge in [-0.05, 0) is 42.5 Å². The average molecular weight is 417 g/mol. The molecular formula is C25H15N5O2. The van der Waals surface area contributed by atoms with E-state index in [1.165, 1.54) is 4.90 Å². The Labute approximate surface area is 181 Å². The first-order valence-electron chi connectivity index (χ1n) is 9.95. The van der Waals surface area contributed by atoms with Crippen LogP contribution in [0.4, 0.5) is 5.69 Å². The number of pyridine rings is 3. The molecule has 7 nitrogen and oxygen atoms in total. The highest BCUT2D eigenvalue weighted by Crippen LogP contribution is 2.35. The van der Waals surface area contributed by atoms with E-state index in [0.717, 1.165) is 5.39 Å². The van der Waals surface area contributed by atoms with Crippen molar-refractivity contribution in [3.8, 4) is 5.69 Å². The fourth-order valence-corrected chi connectivity index (χ4v) is 4.50. The Morgan fingerprint density at radius 3 is 2.00 bits per heavy atom. The smallest absolute Gasteiger partial charge is 0.264 e. The summed E-state index contributed by atoms with van der Waals surface area (Å²) in [6.45, 7) is 4.18. The number of nitrogens with one attached hydrogen (secondary N) is 1. The van der Waals surface area contributed by atoms with E-state index >= 15 is 0 Å². The van der Waals surface area contributed by atoms with E-state index in [0.29, 0.717) is 44.0 Å². The van der Waals surface area contributed by atoms with Gasteiger partial charge in [-0.1, -0.05) is 12.6 Å². The van der Waals surface area contributed by atoms with Gasteiger partial charge in [-0.25, -0.2) is 0 Å². The quantitative estimate of drug-likeness (QED) is 0.478. The summed E-state index contributed by atoms with van der Waals surface area (Å²) >= 11 is 0. The molecule has 1 aliphatic heterocycles. The standard InChI is InChI=1S/C25H15N5O2/c1-14-17-2-3-18-22-20(25(32)30(23(18)26)16-8-12-28-13-9-16)5-4-19(21(17)22)24(31)29(14)15-6-10-27-11-7-15/h2-13,26H,1H2. The first kappa shape index (κ1) is 18.1. The number of amides is 1. The van der Waals surface area contributed by atoms with Crippen molar-refractivity contribution < 1.29 is 4.79 Å². The van der Waals surface area contributed by atoms with Crippen LogP contribution >= 0.6 is 0 Å². The average Bonchev–Trinajstić information content (AvgIpc) is 2.83. The number of carbonyl (C=O) groups excluding carboxylic acids is 1. The summed E-state index contributed by atoms with van der Waals surface area (Å²) in [7, 11) is 0. The van der Waals surface area contributed by atoms with Crippen LogP contribution in [0.15, 0.2) is 78.1 Å². The maximum atomic E-state index is 13.5. The summed E-state index contributed by atoms with van der Waals surface area (Å²) in [4.78, 5) is 36.3. The van der Waals surface area contributed by atoms with E-state index in [1.807, 2.05) is 12.1 Å². The van der Waals surface area contributed by atoms with Crippen molar-refractivity contribution in [1.82, 2.24) is 14.5 Å². The second-order valence-corrected chi connectivity index (χ2v) is 7.56. The molecule has 0 spiro atoms. The van der Waals surface area contributed by atoms with Gasteiger partial charge in [0.1, 0.15) is 5.84 Å². The third-order valence-corrected chi connectivity index (χ3v) is 5.93. The van der Waals surface area contributed by atoms with Crippen LogP contribution in [0.5, 0.6) is 0 Å². The van der Waals surface area contributed by atoms with Gasteiger partial charge in [-0.15, -0.1) is 0 Å². The minimum Gasteiger partial charge on any atom is -0.283 e. The maximum Gasteiger partial charge on any atom is 0.264 e. The first-order valence-corrected chi connectivity index (χ1v) is 9.95. The third-order valence-electron chi connectivity index (χ3n) is 5.93. The van der Waals surface area contributed by atoms with Crippen molar-refractivity contribution in [3.05, 3.63) is 100 Å². The highest BCUT2D eigenvalue weighted by atomic mass is 16.2. The van der Waals surface area contributed by atoms with Crippen molar-refractivity contribution in [1.29, 1.82) is 5.41 Å². The molecule has 32 heavy (non-hydrogen) atoms. The monoisotopic (exact) mass is 417 g/mol. The van der Waals surface area contributed by atoms with E-state index in [2.05, 4.69) is 16.5 Å². The summed E-state index contributed by atoms with van der Waals surface area (Å²) in [5.41, 5.74) is 2.05. The molecule has 5 aromatic rings. The summed E-state index contributed by atoms with van der Waals surface area (Å²) in [5, 5.41) is 11.8. The van der Waals surface area contributed by atoms with E-state index < -0.39 is 0 Å². The summed E-state index contributed by atoms with van der Waals surface area (Å²) in [5.74, 6) is -0.251. The van der Waals surface area contributed by atoms with Gasteiger partial charge in [-0.3, -0.25) is 34.4 Å². The number of hydrogen-bond donors (Lipinski definition) is 1. The van der Waals surface area contributed by atoms with Gasteiger partial charge in [0.25, 0.3) is 11.5 Å². The molecule has 3 aromatic heterocycles. The molecule has 0 saturated carbocycles. The molecular weight excluding hydrogens is 402 g/mol. The molecule has 4 heterocycles. The molecule has 0 fully saturated rings. The van der Waals surface area contributed by atoms with Crippen molar-refractivity contribution in [2.45, 2.75) is 0 Å². The zero-order chi connectivity index (χ0) is 22.0. The lowest BCUT2D eigenvalue weighted by Gasteiger charge is -2.30. The summed E-state index contributed by atoms with van der Waals surface area (Å²) in [6, 6.07) is 13.9. The number of hydrogen-bond acceptors (Lipinski definition) is 5. The number of aromatic nitrogens is 3. The molecule has 0 aliphatic carbocycles. The van der Waals surface area contributed by atoms with Gasteiger partial charge >= 0.3 is 0 Å². The second kappa shape index (κ2) is 6.42. The van der Waals surface area contributed by atoms with Gasteiger partial charge in [0.2, 0.25) is 0 Å². The molecule has 2 aromatic carbocycles. The number of nitrogens with zero attached hydrogens (tertiary/aromatic N) is 4. The summed E-state index contributed by atoms with van der Waals surface area (Å²) < 4.78 is 1.56. The molecule has 1 N–H and O–H groups in total. The van der Waals surface area contributed by atoms with E-state index in [9.17, 15) is 9.59 Å². The zero-order valence-electron chi connectivity index (χ0n) is 16.7. The molecule has 0 atom stereocenters. The Kier molecular flexibility index (Phi) is 3.64. The molecule has 0 radical (unpaired) electrons. The molecule has 6 rings (SSSR count). The second-order valence-electron chi connectivity index (χ2n) is 7.56. The molecule has 152 valence electrons. The van der Waals surface area contributed by atoms with E-state index in [-0.39, 0.29) is 17.3 Å². The van der Waals surface area contributed by atoms with E-state index in [1.54, 1.807) is 65.8 Å². The topological polar surface area (TPSA) is 91.9 Å². The Morgan fingerprint density at radius 2 is 1.31 bits per heavy atom. The number of carbonyl (C=O) groups is 1. The molecule has 1 amide bonds. The fraction of sp³-hybridized carbons (Fsp3) is 0. The molecule has 1 aliphatic rings. The van der Waals surface area contributed by atoms with Crippen LogP contribution in [-0.2, 0) is 0 Å². The van der Waals surface area contributed by atoms with Gasteiger partial charge < -0.3 is 0 Å². The minimum absolute atomic E-state index is 0.0621. The maximum absolute atomic E-state index is 13.5. The lowest BCUT2D eigenvalue weighted by molar-refractivity contribution is 0.100. The molecule has 0 unspecified atom stereocenters. The Balaban J connectivity index is 1.71. The highest BCUT2D eigenvalue weighted by molar-refractivity contribution is 6.38. The van der Waals surface area contributed by atoms with Crippen molar-refractivity contribution in [3.63, 3.8) is 0 Å². The molecule has 0 saturated heterocycles. The zero-order valence-corrected chi connectivity index (χ0v) is 16.7. The first-order chi connectivity index (χ1) is 15.6. The third kappa shape index (κ3) is 2.27. The Morgan fingerprint density at radius 1 is 0.719 bits per heavy atom. The largest absolute Gasteiger partial charge is 0.283 e. The Bertz CT molecular complexity index is 1610. The van der Waals surface area contributed by atoms with Gasteiger partial charge in [0, 0.05) is 62.8 Å². The van der Waals surface area contributed by atoms with Crippen LogP contribution in [0.3, 0.4) is 0 Å². The van der Waals surface area contributed by atoms with Crippen LogP contribution in [-0.4, -0.2) is 26.3 Å². The summed E-state index contributed by atoms with van der Waals surface area (Å²) in [6.07, 6.45) is 6.42. The van der Waals surface area contributed by atoms with Crippen LogP contribution in [0.25, 0.3) is 33.8 Å². The van der Waals surface area contributed by atoms with Crippen molar-refractivity contribution in [2.75, 3.05) is 4.90 Å². The molecule has 0 bridgehead atoms. The lowest BCUT2D eigenvalue weighted by Crippen LogP contribution is -2.41. The van der Waals surface area contributed by atoms with Crippen LogP contribution in [0.2, 0.25) is 0 Å². The number of rotatable bonds is 2. The van der Waals surface area contributed by atoms with Crippen LogP contribution in [0.1, 0.15) is 15.9 Å². The number of anilines is 1. The lowest BCUT2D eigenvalue weighted by atomic mass is 9.89. The minimum atomic E-state index is -0.313. The van der Waals surface area contributed by atoms with Gasteiger partial charge in [-0.2, -0.15) is 0 Å². The fourth-order valence-electron chi connectivity index (χ4n) is 4.50. The van der Waals surface area contributed by atoms with E-state index in [4.69, 9.17) is 5.41 Å². The van der Waals surface area contributed by atoms with Crippen LogP contribution in [0, 0.1) is 5.41 Å².